The van der Waals surface area contributed by atoms with Crippen LogP contribution >= 0.6 is 0 Å². The Bertz CT molecular complexity index is 540. The van der Waals surface area contributed by atoms with Gasteiger partial charge in [-0.05, 0) is 19.4 Å². The van der Waals surface area contributed by atoms with Crippen LogP contribution in [0.15, 0.2) is 41.2 Å². The molecule has 0 spiro atoms. The van der Waals surface area contributed by atoms with Crippen molar-refractivity contribution in [2.24, 2.45) is 0 Å². The third-order valence-corrected chi connectivity index (χ3v) is 2.71. The Balaban J connectivity index is 2.39. The van der Waals surface area contributed by atoms with Crippen molar-refractivity contribution in [3.05, 3.63) is 69.1 Å². The van der Waals surface area contributed by atoms with Gasteiger partial charge in [0.15, 0.2) is 5.43 Å². The highest BCUT2D eigenvalue weighted by molar-refractivity contribution is 5.29. The molecule has 0 bridgehead atoms. The number of aromatic amines is 1. The Kier molecular flexibility index (Phi) is 2.91. The second kappa shape index (κ2) is 4.35. The molecule has 0 unspecified atom stereocenters. The zero-order valence-electron chi connectivity index (χ0n) is 9.58. The first-order valence-corrected chi connectivity index (χ1v) is 5.40. The molecule has 2 nitrogen and oxygen atoms in total. The van der Waals surface area contributed by atoms with E-state index in [1.54, 1.807) is 6.07 Å². The second-order valence-corrected chi connectivity index (χ2v) is 4.08. The molecule has 0 aliphatic carbocycles. The molecular formula is C14H15NO. The Labute approximate surface area is 95.0 Å². The van der Waals surface area contributed by atoms with Crippen molar-refractivity contribution in [1.82, 2.24) is 4.98 Å². The van der Waals surface area contributed by atoms with E-state index in [0.29, 0.717) is 6.42 Å². The van der Waals surface area contributed by atoms with Crippen molar-refractivity contribution in [3.63, 3.8) is 0 Å². The summed E-state index contributed by atoms with van der Waals surface area (Å²) in [4.78, 5) is 15.0. The molecule has 0 fully saturated rings. The normalized spacial score (nSPS) is 10.4. The van der Waals surface area contributed by atoms with Gasteiger partial charge in [-0.25, -0.2) is 0 Å². The van der Waals surface area contributed by atoms with Gasteiger partial charge < -0.3 is 4.98 Å². The van der Waals surface area contributed by atoms with E-state index < -0.39 is 0 Å². The summed E-state index contributed by atoms with van der Waals surface area (Å²) < 4.78 is 0. The lowest BCUT2D eigenvalue weighted by Gasteiger charge is -2.06. The fraction of sp³-hybridized carbons (Fsp3) is 0.214. The third kappa shape index (κ3) is 2.22. The summed E-state index contributed by atoms with van der Waals surface area (Å²) in [5, 5.41) is 0. The molecule has 1 aromatic carbocycles. The Morgan fingerprint density at radius 3 is 2.44 bits per heavy atom. The van der Waals surface area contributed by atoms with Crippen LogP contribution in [-0.4, -0.2) is 4.98 Å². The zero-order chi connectivity index (χ0) is 11.5. The maximum Gasteiger partial charge on any atom is 0.185 e. The fourth-order valence-electron chi connectivity index (χ4n) is 1.90. The summed E-state index contributed by atoms with van der Waals surface area (Å²) in [6.45, 7) is 3.85. The van der Waals surface area contributed by atoms with E-state index in [0.717, 1.165) is 17.0 Å². The smallest absolute Gasteiger partial charge is 0.185 e. The average molecular weight is 213 g/mol. The van der Waals surface area contributed by atoms with E-state index in [1.807, 2.05) is 44.2 Å². The van der Waals surface area contributed by atoms with Crippen LogP contribution in [0.4, 0.5) is 0 Å². The van der Waals surface area contributed by atoms with Crippen LogP contribution in [0.25, 0.3) is 0 Å². The second-order valence-electron chi connectivity index (χ2n) is 4.08. The van der Waals surface area contributed by atoms with Gasteiger partial charge >= 0.3 is 0 Å². The lowest BCUT2D eigenvalue weighted by molar-refractivity contribution is 1.02. The standard InChI is InChI=1S/C14H15NO/c1-10-8-14(16)13(11(2)15-10)9-12-6-4-3-5-7-12/h3-8H,9H2,1-2H3,(H,15,16). The van der Waals surface area contributed by atoms with Gasteiger partial charge in [-0.2, -0.15) is 0 Å². The first-order valence-electron chi connectivity index (χ1n) is 5.40. The molecule has 0 amide bonds. The number of rotatable bonds is 2. The maximum atomic E-state index is 11.8. The number of nitrogens with one attached hydrogen (secondary N) is 1. The van der Waals surface area contributed by atoms with Crippen LogP contribution in [-0.2, 0) is 6.42 Å². The number of hydrogen-bond donors (Lipinski definition) is 1. The van der Waals surface area contributed by atoms with Gasteiger partial charge in [-0.1, -0.05) is 30.3 Å². The molecule has 2 aromatic rings. The van der Waals surface area contributed by atoms with Crippen molar-refractivity contribution in [2.75, 3.05) is 0 Å². The van der Waals surface area contributed by atoms with E-state index >= 15 is 0 Å². The highest BCUT2D eigenvalue weighted by Crippen LogP contribution is 2.08. The molecule has 1 aromatic heterocycles. The highest BCUT2D eigenvalue weighted by atomic mass is 16.1. The highest BCUT2D eigenvalue weighted by Gasteiger charge is 2.05. The van der Waals surface area contributed by atoms with Crippen LogP contribution in [0.2, 0.25) is 0 Å². The first kappa shape index (κ1) is 10.7. The molecule has 1 N–H and O–H groups in total. The molecule has 0 aliphatic heterocycles. The predicted molar refractivity (Wildman–Crippen MR) is 65.8 cm³/mol. The van der Waals surface area contributed by atoms with Gasteiger partial charge in [0.1, 0.15) is 0 Å². The SMILES string of the molecule is Cc1cc(=O)c(Cc2ccccc2)c(C)[nH]1. The van der Waals surface area contributed by atoms with Crippen molar-refractivity contribution in [1.29, 1.82) is 0 Å². The molecule has 2 rings (SSSR count). The molecule has 0 atom stereocenters. The fourth-order valence-corrected chi connectivity index (χ4v) is 1.90. The van der Waals surface area contributed by atoms with Gasteiger partial charge in [0.2, 0.25) is 0 Å². The number of aromatic nitrogens is 1. The molecule has 0 saturated carbocycles. The van der Waals surface area contributed by atoms with Gasteiger partial charge in [-0.3, -0.25) is 4.79 Å². The lowest BCUT2D eigenvalue weighted by atomic mass is 10.0. The molecule has 0 aliphatic rings. The van der Waals surface area contributed by atoms with Crippen molar-refractivity contribution < 1.29 is 0 Å². The number of H-pyrrole nitrogens is 1. The minimum Gasteiger partial charge on any atom is -0.362 e. The number of hydrogen-bond acceptors (Lipinski definition) is 1. The topological polar surface area (TPSA) is 32.9 Å². The van der Waals surface area contributed by atoms with E-state index in [-0.39, 0.29) is 5.43 Å². The molecule has 16 heavy (non-hydrogen) atoms. The van der Waals surface area contributed by atoms with E-state index in [1.165, 1.54) is 5.56 Å². The van der Waals surface area contributed by atoms with E-state index in [4.69, 9.17) is 0 Å². The lowest BCUT2D eigenvalue weighted by Crippen LogP contribution is -2.13. The molecule has 1 heterocycles. The molecule has 0 radical (unpaired) electrons. The third-order valence-electron chi connectivity index (χ3n) is 2.71. The monoisotopic (exact) mass is 213 g/mol. The van der Waals surface area contributed by atoms with Gasteiger partial charge in [-0.15, -0.1) is 0 Å². The summed E-state index contributed by atoms with van der Waals surface area (Å²) in [5.41, 5.74) is 4.03. The van der Waals surface area contributed by atoms with Crippen molar-refractivity contribution in [2.45, 2.75) is 20.3 Å². The van der Waals surface area contributed by atoms with Crippen molar-refractivity contribution in [3.8, 4) is 0 Å². The molecule has 0 saturated heterocycles. The van der Waals surface area contributed by atoms with Crippen LogP contribution in [0.3, 0.4) is 0 Å². The van der Waals surface area contributed by atoms with Crippen LogP contribution in [0.1, 0.15) is 22.5 Å². The van der Waals surface area contributed by atoms with Crippen LogP contribution in [0, 0.1) is 13.8 Å². The summed E-state index contributed by atoms with van der Waals surface area (Å²) in [6, 6.07) is 11.7. The Morgan fingerprint density at radius 1 is 1.12 bits per heavy atom. The predicted octanol–water partition coefficient (Wildman–Crippen LogP) is 2.58. The molecule has 2 heteroatoms. The van der Waals surface area contributed by atoms with Crippen molar-refractivity contribution >= 4 is 0 Å². The van der Waals surface area contributed by atoms with E-state index in [2.05, 4.69) is 4.98 Å². The van der Waals surface area contributed by atoms with E-state index in [9.17, 15) is 4.79 Å². The average Bonchev–Trinajstić information content (AvgIpc) is 2.25. The first-order chi connectivity index (χ1) is 7.66. The number of aryl methyl sites for hydroxylation is 2. The number of benzene rings is 1. The molecular weight excluding hydrogens is 198 g/mol. The van der Waals surface area contributed by atoms with Crippen LogP contribution < -0.4 is 5.43 Å². The van der Waals surface area contributed by atoms with Gasteiger partial charge in [0.05, 0.1) is 0 Å². The maximum absolute atomic E-state index is 11.8. The summed E-state index contributed by atoms with van der Waals surface area (Å²) in [5.74, 6) is 0. The van der Waals surface area contributed by atoms with Gasteiger partial charge in [0.25, 0.3) is 0 Å². The van der Waals surface area contributed by atoms with Gasteiger partial charge in [0, 0.05) is 29.4 Å². The minimum atomic E-state index is 0.123. The minimum absolute atomic E-state index is 0.123. The number of pyridine rings is 1. The quantitative estimate of drug-likeness (QED) is 0.817. The summed E-state index contributed by atoms with van der Waals surface area (Å²) >= 11 is 0. The Hall–Kier alpha value is -1.83. The summed E-state index contributed by atoms with van der Waals surface area (Å²) in [7, 11) is 0. The summed E-state index contributed by atoms with van der Waals surface area (Å²) in [6.07, 6.45) is 0.697. The van der Waals surface area contributed by atoms with Crippen LogP contribution in [0.5, 0.6) is 0 Å². The Morgan fingerprint density at radius 2 is 1.81 bits per heavy atom. The largest absolute Gasteiger partial charge is 0.362 e. The zero-order valence-corrected chi connectivity index (χ0v) is 9.58. The molecule has 82 valence electrons.